The summed E-state index contributed by atoms with van der Waals surface area (Å²) in [6.45, 7) is 2.49. The zero-order valence-corrected chi connectivity index (χ0v) is 15.9. The summed E-state index contributed by atoms with van der Waals surface area (Å²) in [6, 6.07) is 19.5. The van der Waals surface area contributed by atoms with Gasteiger partial charge in [0.2, 0.25) is 0 Å². The Hall–Kier alpha value is -3.12. The van der Waals surface area contributed by atoms with Crippen LogP contribution < -0.4 is 10.5 Å². The first-order valence-electron chi connectivity index (χ1n) is 9.07. The maximum Gasteiger partial charge on any atom is 0.271 e. The molecule has 142 valence electrons. The first kappa shape index (κ1) is 18.3. The fraction of sp³-hybridized carbons (Fsp3) is 0.190. The first-order chi connectivity index (χ1) is 13.6. The third kappa shape index (κ3) is 3.77. The quantitative estimate of drug-likeness (QED) is 0.685. The van der Waals surface area contributed by atoms with E-state index in [9.17, 15) is 9.59 Å². The minimum absolute atomic E-state index is 0.00136. The first-order valence-corrected chi connectivity index (χ1v) is 9.45. The fourth-order valence-electron chi connectivity index (χ4n) is 3.24. The fourth-order valence-corrected chi connectivity index (χ4v) is 3.36. The average Bonchev–Trinajstić information content (AvgIpc) is 2.75. The van der Waals surface area contributed by atoms with Gasteiger partial charge in [0.25, 0.3) is 11.5 Å². The maximum absolute atomic E-state index is 12.6. The van der Waals surface area contributed by atoms with Crippen LogP contribution in [0.15, 0.2) is 71.5 Å². The molecule has 0 radical (unpaired) electrons. The molecule has 1 aliphatic rings. The number of carbonyl (C=O) groups is 1. The van der Waals surface area contributed by atoms with Crippen LogP contribution in [0.4, 0.5) is 5.82 Å². The normalized spacial score (nSPS) is 14.2. The molecular formula is C21H19ClN4O2. The van der Waals surface area contributed by atoms with Crippen LogP contribution in [0.25, 0.3) is 5.69 Å². The highest BCUT2D eigenvalue weighted by molar-refractivity contribution is 6.30. The van der Waals surface area contributed by atoms with Crippen LogP contribution in [0.5, 0.6) is 0 Å². The van der Waals surface area contributed by atoms with Crippen molar-refractivity contribution in [1.29, 1.82) is 0 Å². The molecule has 1 aliphatic heterocycles. The molecule has 4 rings (SSSR count). The summed E-state index contributed by atoms with van der Waals surface area (Å²) in [5.74, 6) is 0.723. The smallest absolute Gasteiger partial charge is 0.271 e. The molecule has 2 heterocycles. The SMILES string of the molecule is O=C(c1ccc(Cl)cc1)N1CCN(c2ccc(=O)n(-c3ccccc3)n2)CC1. The van der Waals surface area contributed by atoms with E-state index in [4.69, 9.17) is 11.6 Å². The Morgan fingerprint density at radius 3 is 2.21 bits per heavy atom. The van der Waals surface area contributed by atoms with Crippen molar-refractivity contribution in [3.63, 3.8) is 0 Å². The molecule has 0 bridgehead atoms. The zero-order valence-electron chi connectivity index (χ0n) is 15.2. The summed E-state index contributed by atoms with van der Waals surface area (Å²) in [5, 5.41) is 5.13. The van der Waals surface area contributed by atoms with E-state index >= 15 is 0 Å². The number of anilines is 1. The van der Waals surface area contributed by atoms with Crippen molar-refractivity contribution in [2.75, 3.05) is 31.1 Å². The second-order valence-electron chi connectivity index (χ2n) is 6.56. The highest BCUT2D eigenvalue weighted by Crippen LogP contribution is 2.16. The molecule has 7 heteroatoms. The number of benzene rings is 2. The summed E-state index contributed by atoms with van der Waals surface area (Å²) in [5.41, 5.74) is 1.19. The summed E-state index contributed by atoms with van der Waals surface area (Å²) >= 11 is 5.89. The van der Waals surface area contributed by atoms with E-state index in [-0.39, 0.29) is 11.5 Å². The zero-order chi connectivity index (χ0) is 19.5. The Morgan fingerprint density at radius 1 is 0.857 bits per heavy atom. The van der Waals surface area contributed by atoms with Crippen molar-refractivity contribution in [2.45, 2.75) is 0 Å². The van der Waals surface area contributed by atoms with Gasteiger partial charge >= 0.3 is 0 Å². The topological polar surface area (TPSA) is 58.4 Å². The van der Waals surface area contributed by atoms with Gasteiger partial charge in [-0.15, -0.1) is 5.10 Å². The number of amides is 1. The molecule has 0 N–H and O–H groups in total. The number of carbonyl (C=O) groups excluding carboxylic acids is 1. The molecule has 2 aromatic carbocycles. The maximum atomic E-state index is 12.6. The largest absolute Gasteiger partial charge is 0.352 e. The third-order valence-electron chi connectivity index (χ3n) is 4.77. The number of piperazine rings is 1. The Morgan fingerprint density at radius 2 is 1.54 bits per heavy atom. The van der Waals surface area contributed by atoms with E-state index in [2.05, 4.69) is 10.00 Å². The molecule has 0 saturated carbocycles. The second-order valence-corrected chi connectivity index (χ2v) is 7.00. The molecule has 6 nitrogen and oxygen atoms in total. The van der Waals surface area contributed by atoms with Crippen molar-refractivity contribution in [3.8, 4) is 5.69 Å². The van der Waals surface area contributed by atoms with Crippen LogP contribution in [0.2, 0.25) is 5.02 Å². The van der Waals surface area contributed by atoms with Crippen molar-refractivity contribution in [3.05, 3.63) is 87.7 Å². The number of hydrogen-bond donors (Lipinski definition) is 0. The molecule has 28 heavy (non-hydrogen) atoms. The minimum atomic E-state index is -0.175. The molecule has 1 aromatic heterocycles. The van der Waals surface area contributed by atoms with Gasteiger partial charge in [-0.05, 0) is 42.5 Å². The number of nitrogens with zero attached hydrogens (tertiary/aromatic N) is 4. The number of hydrogen-bond acceptors (Lipinski definition) is 4. The Labute approximate surface area is 167 Å². The molecular weight excluding hydrogens is 376 g/mol. The van der Waals surface area contributed by atoms with Gasteiger partial charge in [-0.25, -0.2) is 0 Å². The van der Waals surface area contributed by atoms with Gasteiger partial charge < -0.3 is 9.80 Å². The predicted molar refractivity (Wildman–Crippen MR) is 109 cm³/mol. The predicted octanol–water partition coefficient (Wildman–Crippen LogP) is 2.85. The summed E-state index contributed by atoms with van der Waals surface area (Å²) < 4.78 is 1.40. The van der Waals surface area contributed by atoms with E-state index in [1.165, 1.54) is 10.7 Å². The van der Waals surface area contributed by atoms with Crippen LogP contribution in [0.1, 0.15) is 10.4 Å². The van der Waals surface area contributed by atoms with Gasteiger partial charge in [-0.2, -0.15) is 4.68 Å². The lowest BCUT2D eigenvalue weighted by molar-refractivity contribution is 0.0746. The Kier molecular flexibility index (Phi) is 5.12. The molecule has 0 atom stereocenters. The van der Waals surface area contributed by atoms with Crippen LogP contribution in [-0.4, -0.2) is 46.8 Å². The van der Waals surface area contributed by atoms with E-state index in [0.717, 1.165) is 11.5 Å². The summed E-state index contributed by atoms with van der Waals surface area (Å²) in [7, 11) is 0. The number of para-hydroxylation sites is 1. The summed E-state index contributed by atoms with van der Waals surface area (Å²) in [6.07, 6.45) is 0. The van der Waals surface area contributed by atoms with Crippen LogP contribution in [0.3, 0.4) is 0 Å². The van der Waals surface area contributed by atoms with Crippen molar-refractivity contribution in [2.24, 2.45) is 0 Å². The van der Waals surface area contributed by atoms with E-state index in [0.29, 0.717) is 36.8 Å². The van der Waals surface area contributed by atoms with Gasteiger partial charge in [0.15, 0.2) is 0 Å². The Balaban J connectivity index is 1.47. The van der Waals surface area contributed by atoms with Gasteiger partial charge in [-0.1, -0.05) is 29.8 Å². The molecule has 0 aliphatic carbocycles. The van der Waals surface area contributed by atoms with E-state index in [1.54, 1.807) is 30.3 Å². The standard InChI is InChI=1S/C21H19ClN4O2/c22-17-8-6-16(7-9-17)21(28)25-14-12-24(13-15-25)19-10-11-20(27)26(23-19)18-4-2-1-3-5-18/h1-11H,12-15H2. The molecule has 3 aromatic rings. The Bertz CT molecular complexity index is 1030. The monoisotopic (exact) mass is 394 g/mol. The highest BCUT2D eigenvalue weighted by atomic mass is 35.5. The third-order valence-corrected chi connectivity index (χ3v) is 5.02. The summed E-state index contributed by atoms with van der Waals surface area (Å²) in [4.78, 5) is 28.8. The lowest BCUT2D eigenvalue weighted by Crippen LogP contribution is -2.49. The highest BCUT2D eigenvalue weighted by Gasteiger charge is 2.23. The van der Waals surface area contributed by atoms with Gasteiger partial charge in [0, 0.05) is 42.8 Å². The van der Waals surface area contributed by atoms with Gasteiger partial charge in [0.1, 0.15) is 5.82 Å². The number of halogens is 1. The lowest BCUT2D eigenvalue weighted by atomic mass is 10.2. The van der Waals surface area contributed by atoms with Crippen LogP contribution in [0, 0.1) is 0 Å². The lowest BCUT2D eigenvalue weighted by Gasteiger charge is -2.35. The van der Waals surface area contributed by atoms with Crippen LogP contribution >= 0.6 is 11.6 Å². The minimum Gasteiger partial charge on any atom is -0.352 e. The number of aromatic nitrogens is 2. The molecule has 0 unspecified atom stereocenters. The molecule has 1 saturated heterocycles. The molecule has 1 fully saturated rings. The number of rotatable bonds is 3. The average molecular weight is 395 g/mol. The molecule has 0 spiro atoms. The van der Waals surface area contributed by atoms with E-state index < -0.39 is 0 Å². The van der Waals surface area contributed by atoms with E-state index in [1.807, 2.05) is 35.2 Å². The van der Waals surface area contributed by atoms with Crippen LogP contribution in [-0.2, 0) is 0 Å². The molecule has 1 amide bonds. The van der Waals surface area contributed by atoms with Crippen molar-refractivity contribution < 1.29 is 4.79 Å². The van der Waals surface area contributed by atoms with Crippen molar-refractivity contribution >= 4 is 23.3 Å². The van der Waals surface area contributed by atoms with Crippen molar-refractivity contribution in [1.82, 2.24) is 14.7 Å². The van der Waals surface area contributed by atoms with Gasteiger partial charge in [-0.3, -0.25) is 9.59 Å². The van der Waals surface area contributed by atoms with Gasteiger partial charge in [0.05, 0.1) is 5.69 Å². The second kappa shape index (κ2) is 7.86.